The smallest absolute Gasteiger partial charge is 0.247 e. The normalized spacial score (nSPS) is 12.2. The number of methoxy groups -OCH3 is 1. The van der Waals surface area contributed by atoms with Crippen molar-refractivity contribution in [3.05, 3.63) is 125 Å². The number of amides is 1. The van der Waals surface area contributed by atoms with Gasteiger partial charge in [0.25, 0.3) is 0 Å². The maximum absolute atomic E-state index is 13.6. The zero-order valence-electron chi connectivity index (χ0n) is 21.5. The largest absolute Gasteiger partial charge is 0.493 e. The van der Waals surface area contributed by atoms with Gasteiger partial charge in [0.1, 0.15) is 18.5 Å². The summed E-state index contributed by atoms with van der Waals surface area (Å²) in [4.78, 5) is 13.6. The number of rotatable bonds is 11. The van der Waals surface area contributed by atoms with Gasteiger partial charge in [0.2, 0.25) is 5.91 Å². The molecule has 4 aromatic carbocycles. The molecule has 0 unspecified atom stereocenters. The van der Waals surface area contributed by atoms with Crippen LogP contribution in [0.25, 0.3) is 0 Å². The summed E-state index contributed by atoms with van der Waals surface area (Å²) in [5.74, 6) is 0.902. The van der Waals surface area contributed by atoms with E-state index in [1.54, 1.807) is 31.4 Å². The lowest BCUT2D eigenvalue weighted by Crippen LogP contribution is -2.35. The molecule has 2 atom stereocenters. The quantitative estimate of drug-likeness (QED) is 0.156. The van der Waals surface area contributed by atoms with E-state index < -0.39 is 6.04 Å². The van der Waals surface area contributed by atoms with Crippen LogP contribution >= 0.6 is 0 Å². The second-order valence-corrected chi connectivity index (χ2v) is 8.89. The number of ether oxygens (including phenoxy) is 2. The number of amidine groups is 1. The van der Waals surface area contributed by atoms with Crippen LogP contribution in [0.5, 0.6) is 11.5 Å². The average Bonchev–Trinajstić information content (AvgIpc) is 2.96. The molecule has 0 aliphatic carbocycles. The zero-order chi connectivity index (χ0) is 26.9. The molecule has 194 valence electrons. The Balaban J connectivity index is 1.60. The summed E-state index contributed by atoms with van der Waals surface area (Å²) in [6.07, 6.45) is 0. The van der Waals surface area contributed by atoms with E-state index in [1.807, 2.05) is 85.8 Å². The third kappa shape index (κ3) is 6.70. The first-order valence-corrected chi connectivity index (χ1v) is 12.4. The molecule has 0 aliphatic heterocycles. The molecular weight excluding hydrogens is 476 g/mol. The molecule has 0 radical (unpaired) electrons. The summed E-state index contributed by atoms with van der Waals surface area (Å²) < 4.78 is 11.6. The number of carbonyl (C=O) groups is 1. The van der Waals surface area contributed by atoms with Crippen molar-refractivity contribution >= 4 is 17.4 Å². The molecule has 4 rings (SSSR count). The van der Waals surface area contributed by atoms with Crippen LogP contribution in [-0.2, 0) is 11.4 Å². The summed E-state index contributed by atoms with van der Waals surface area (Å²) in [6, 6.07) is 31.4. The minimum absolute atomic E-state index is 0.0154. The van der Waals surface area contributed by atoms with Crippen molar-refractivity contribution in [2.45, 2.75) is 25.6 Å². The van der Waals surface area contributed by atoms with E-state index in [-0.39, 0.29) is 17.8 Å². The minimum atomic E-state index is -0.721. The summed E-state index contributed by atoms with van der Waals surface area (Å²) in [7, 11) is 1.58. The lowest BCUT2D eigenvalue weighted by Gasteiger charge is -2.24. The highest BCUT2D eigenvalue weighted by Gasteiger charge is 2.24. The van der Waals surface area contributed by atoms with Gasteiger partial charge < -0.3 is 25.8 Å². The molecule has 0 aromatic heterocycles. The minimum Gasteiger partial charge on any atom is -0.493 e. The lowest BCUT2D eigenvalue weighted by atomic mass is 10.0. The molecule has 38 heavy (non-hydrogen) atoms. The summed E-state index contributed by atoms with van der Waals surface area (Å²) >= 11 is 0. The van der Waals surface area contributed by atoms with E-state index in [0.29, 0.717) is 34.9 Å². The SMILES string of the molecule is COc1cc([C@@H](Nc2ccc(C(=N)N)cc2)C(=O)N[C@@H](C)c2ccccc2)ccc1OCc1ccccc1. The van der Waals surface area contributed by atoms with Gasteiger partial charge in [-0.2, -0.15) is 0 Å². The number of nitrogen functional groups attached to an aromatic ring is 1. The van der Waals surface area contributed by atoms with Gasteiger partial charge in [0.05, 0.1) is 13.2 Å². The standard InChI is InChI=1S/C31H32N4O3/c1-21(23-11-7-4-8-12-23)34-31(36)29(35-26-16-13-24(14-17-26)30(32)33)25-15-18-27(28(19-25)37-2)38-20-22-9-5-3-6-10-22/h3-19,21,29,35H,20H2,1-2H3,(H3,32,33)(H,34,36)/t21-,29+/m0/s1. The Labute approximate surface area is 223 Å². The van der Waals surface area contributed by atoms with Crippen LogP contribution in [0.1, 0.15) is 41.3 Å². The second kappa shape index (κ2) is 12.5. The molecule has 0 aliphatic rings. The van der Waals surface area contributed by atoms with Gasteiger partial charge in [0, 0.05) is 11.3 Å². The molecule has 0 saturated heterocycles. The Morgan fingerprint density at radius 3 is 2.16 bits per heavy atom. The summed E-state index contributed by atoms with van der Waals surface area (Å²) in [5, 5.41) is 14.1. The number of hydrogen-bond donors (Lipinski definition) is 4. The van der Waals surface area contributed by atoms with E-state index in [9.17, 15) is 4.79 Å². The van der Waals surface area contributed by atoms with Gasteiger partial charge in [0.15, 0.2) is 11.5 Å². The molecule has 7 heteroatoms. The van der Waals surface area contributed by atoms with Gasteiger partial charge in [-0.15, -0.1) is 0 Å². The van der Waals surface area contributed by atoms with Crippen LogP contribution in [0.15, 0.2) is 103 Å². The highest BCUT2D eigenvalue weighted by Crippen LogP contribution is 2.33. The molecule has 0 spiro atoms. The van der Waals surface area contributed by atoms with Crippen molar-refractivity contribution in [2.24, 2.45) is 5.73 Å². The first kappa shape index (κ1) is 26.3. The molecule has 0 fully saturated rings. The van der Waals surface area contributed by atoms with E-state index in [2.05, 4.69) is 10.6 Å². The predicted octanol–water partition coefficient (Wildman–Crippen LogP) is 5.59. The summed E-state index contributed by atoms with van der Waals surface area (Å²) in [5.41, 5.74) is 9.68. The molecule has 0 saturated carbocycles. The Morgan fingerprint density at radius 2 is 1.53 bits per heavy atom. The monoisotopic (exact) mass is 508 g/mol. The molecule has 4 aromatic rings. The lowest BCUT2D eigenvalue weighted by molar-refractivity contribution is -0.122. The fourth-order valence-corrected chi connectivity index (χ4v) is 4.05. The van der Waals surface area contributed by atoms with E-state index in [4.69, 9.17) is 20.6 Å². The zero-order valence-corrected chi connectivity index (χ0v) is 21.5. The first-order valence-electron chi connectivity index (χ1n) is 12.4. The molecular formula is C31H32N4O3. The predicted molar refractivity (Wildman–Crippen MR) is 151 cm³/mol. The first-order chi connectivity index (χ1) is 18.4. The van der Waals surface area contributed by atoms with Gasteiger partial charge >= 0.3 is 0 Å². The number of nitrogens with two attached hydrogens (primary N) is 1. The van der Waals surface area contributed by atoms with Gasteiger partial charge in [-0.1, -0.05) is 66.7 Å². The number of nitrogens with one attached hydrogen (secondary N) is 3. The van der Waals surface area contributed by atoms with Crippen LogP contribution in [0.2, 0.25) is 0 Å². The molecule has 1 amide bonds. The fraction of sp³-hybridized carbons (Fsp3) is 0.161. The van der Waals surface area contributed by atoms with E-state index in [0.717, 1.165) is 11.1 Å². The van der Waals surface area contributed by atoms with Crippen molar-refractivity contribution in [3.8, 4) is 11.5 Å². The molecule has 7 nitrogen and oxygen atoms in total. The maximum atomic E-state index is 13.6. The van der Waals surface area contributed by atoms with Gasteiger partial charge in [-0.25, -0.2) is 0 Å². The van der Waals surface area contributed by atoms with Crippen LogP contribution < -0.4 is 25.8 Å². The molecule has 5 N–H and O–H groups in total. The topological polar surface area (TPSA) is 109 Å². The third-order valence-corrected chi connectivity index (χ3v) is 6.19. The van der Waals surface area contributed by atoms with Crippen LogP contribution in [0.3, 0.4) is 0 Å². The number of anilines is 1. The van der Waals surface area contributed by atoms with Crippen molar-refractivity contribution < 1.29 is 14.3 Å². The highest BCUT2D eigenvalue weighted by molar-refractivity contribution is 5.95. The number of carbonyl (C=O) groups excluding carboxylic acids is 1. The Hall–Kier alpha value is -4.78. The van der Waals surface area contributed by atoms with E-state index >= 15 is 0 Å². The van der Waals surface area contributed by atoms with Crippen molar-refractivity contribution in [1.82, 2.24) is 5.32 Å². The maximum Gasteiger partial charge on any atom is 0.247 e. The van der Waals surface area contributed by atoms with Crippen molar-refractivity contribution in [3.63, 3.8) is 0 Å². The van der Waals surface area contributed by atoms with Crippen LogP contribution in [0, 0.1) is 5.41 Å². The Morgan fingerprint density at radius 1 is 0.868 bits per heavy atom. The number of benzene rings is 4. The average molecular weight is 509 g/mol. The highest BCUT2D eigenvalue weighted by atomic mass is 16.5. The summed E-state index contributed by atoms with van der Waals surface area (Å²) in [6.45, 7) is 2.35. The van der Waals surface area contributed by atoms with Crippen molar-refractivity contribution in [2.75, 3.05) is 12.4 Å². The fourth-order valence-electron chi connectivity index (χ4n) is 4.05. The van der Waals surface area contributed by atoms with Crippen LogP contribution in [-0.4, -0.2) is 18.9 Å². The Kier molecular flexibility index (Phi) is 8.61. The molecule has 0 bridgehead atoms. The Bertz CT molecular complexity index is 1360. The van der Waals surface area contributed by atoms with E-state index in [1.165, 1.54) is 0 Å². The van der Waals surface area contributed by atoms with Gasteiger partial charge in [-0.05, 0) is 60.0 Å². The van der Waals surface area contributed by atoms with Gasteiger partial charge in [-0.3, -0.25) is 10.2 Å². The third-order valence-electron chi connectivity index (χ3n) is 6.19. The second-order valence-electron chi connectivity index (χ2n) is 8.89. The number of hydrogen-bond acceptors (Lipinski definition) is 5. The van der Waals surface area contributed by atoms with Crippen LogP contribution in [0.4, 0.5) is 5.69 Å². The molecule has 0 heterocycles. The van der Waals surface area contributed by atoms with Crippen molar-refractivity contribution in [1.29, 1.82) is 5.41 Å².